The molecule has 4 N–H and O–H groups in total. The van der Waals surface area contributed by atoms with Crippen LogP contribution in [0.15, 0.2) is 42.5 Å². The molecular weight excluding hydrogens is 288 g/mol. The largest absolute Gasteiger partial charge is 0.508 e. The molecule has 1 unspecified atom stereocenters. The van der Waals surface area contributed by atoms with Crippen LogP contribution >= 0.6 is 0 Å². The van der Waals surface area contributed by atoms with Crippen LogP contribution in [0, 0.1) is 10.1 Å². The Kier molecular flexibility index (Phi) is 4.92. The lowest BCUT2D eigenvalue weighted by atomic mass is 9.97. The fourth-order valence-corrected chi connectivity index (χ4v) is 2.18. The minimum atomic E-state index is -0.488. The minimum Gasteiger partial charge on any atom is -0.508 e. The van der Waals surface area contributed by atoms with Crippen LogP contribution in [0.2, 0.25) is 0 Å². The molecule has 7 heteroatoms. The van der Waals surface area contributed by atoms with Crippen molar-refractivity contribution in [3.63, 3.8) is 0 Å². The van der Waals surface area contributed by atoms with E-state index in [9.17, 15) is 20.3 Å². The molecule has 116 valence electrons. The molecule has 2 aromatic rings. The number of hydrogen-bond acceptors (Lipinski definition) is 6. The molecule has 7 nitrogen and oxygen atoms in total. The van der Waals surface area contributed by atoms with Gasteiger partial charge in [0.2, 0.25) is 0 Å². The lowest BCUT2D eigenvalue weighted by Gasteiger charge is -2.20. The van der Waals surface area contributed by atoms with Crippen LogP contribution in [0.25, 0.3) is 0 Å². The van der Waals surface area contributed by atoms with E-state index < -0.39 is 11.0 Å². The molecule has 0 spiro atoms. The van der Waals surface area contributed by atoms with Gasteiger partial charge in [-0.25, -0.2) is 0 Å². The van der Waals surface area contributed by atoms with Crippen molar-refractivity contribution in [1.82, 2.24) is 5.32 Å². The average Bonchev–Trinajstić information content (AvgIpc) is 2.49. The molecule has 2 aromatic carbocycles. The summed E-state index contributed by atoms with van der Waals surface area (Å²) in [4.78, 5) is 10.2. The number of nitro groups is 1. The number of aliphatic hydroxyl groups is 1. The van der Waals surface area contributed by atoms with E-state index in [0.717, 1.165) is 0 Å². The number of hydrogen-bond donors (Lipinski definition) is 4. The zero-order valence-corrected chi connectivity index (χ0v) is 11.6. The number of non-ortho nitro benzene ring substituents is 1. The molecular formula is C15H16N2O5. The zero-order chi connectivity index (χ0) is 16.1. The molecule has 1 atom stereocenters. The Morgan fingerprint density at radius 1 is 1.14 bits per heavy atom. The molecule has 0 saturated heterocycles. The first-order valence-electron chi connectivity index (χ1n) is 6.63. The Bertz CT molecular complexity index is 657. The van der Waals surface area contributed by atoms with E-state index in [1.54, 1.807) is 18.2 Å². The highest BCUT2D eigenvalue weighted by atomic mass is 16.6. The Morgan fingerprint density at radius 3 is 2.36 bits per heavy atom. The smallest absolute Gasteiger partial charge is 0.269 e. The number of phenolic OH excluding ortho intramolecular Hbond substituents is 2. The summed E-state index contributed by atoms with van der Waals surface area (Å²) in [5, 5.41) is 42.1. The van der Waals surface area contributed by atoms with E-state index in [0.29, 0.717) is 11.1 Å². The second-order valence-corrected chi connectivity index (χ2v) is 4.70. The predicted molar refractivity (Wildman–Crippen MR) is 79.8 cm³/mol. The van der Waals surface area contributed by atoms with Crippen molar-refractivity contribution in [2.24, 2.45) is 0 Å². The van der Waals surface area contributed by atoms with Gasteiger partial charge in [0.15, 0.2) is 0 Å². The van der Waals surface area contributed by atoms with Crippen LogP contribution in [-0.2, 0) is 0 Å². The number of phenols is 2. The van der Waals surface area contributed by atoms with E-state index >= 15 is 0 Å². The van der Waals surface area contributed by atoms with Crippen molar-refractivity contribution in [2.75, 3.05) is 13.2 Å². The van der Waals surface area contributed by atoms with Gasteiger partial charge in [-0.15, -0.1) is 0 Å². The quantitative estimate of drug-likeness (QED) is 0.476. The number of nitrogens with one attached hydrogen (secondary N) is 1. The van der Waals surface area contributed by atoms with Crippen LogP contribution in [0.4, 0.5) is 5.69 Å². The van der Waals surface area contributed by atoms with Gasteiger partial charge in [-0.05, 0) is 17.7 Å². The van der Waals surface area contributed by atoms with Crippen LogP contribution in [0.3, 0.4) is 0 Å². The van der Waals surface area contributed by atoms with Crippen LogP contribution in [-0.4, -0.2) is 33.4 Å². The summed E-state index contributed by atoms with van der Waals surface area (Å²) in [5.41, 5.74) is 1.17. The molecule has 22 heavy (non-hydrogen) atoms. The number of aromatic hydroxyl groups is 2. The van der Waals surface area contributed by atoms with Gasteiger partial charge in [0.25, 0.3) is 5.69 Å². The van der Waals surface area contributed by atoms with E-state index in [-0.39, 0.29) is 30.3 Å². The number of nitro benzene ring substituents is 1. The maximum Gasteiger partial charge on any atom is 0.269 e. The molecule has 0 bridgehead atoms. The monoisotopic (exact) mass is 304 g/mol. The SMILES string of the molecule is O=[N+]([O-])c1ccc(C(NCCO)c2ccc(O)cc2O)cc1. The predicted octanol–water partition coefficient (Wildman–Crippen LogP) is 1.68. The van der Waals surface area contributed by atoms with E-state index in [2.05, 4.69) is 5.32 Å². The van der Waals surface area contributed by atoms with Gasteiger partial charge < -0.3 is 20.6 Å². The maximum atomic E-state index is 10.7. The highest BCUT2D eigenvalue weighted by Gasteiger charge is 2.18. The first-order valence-corrected chi connectivity index (χ1v) is 6.63. The van der Waals surface area contributed by atoms with Gasteiger partial charge in [-0.2, -0.15) is 0 Å². The van der Waals surface area contributed by atoms with Crippen LogP contribution in [0.5, 0.6) is 11.5 Å². The second-order valence-electron chi connectivity index (χ2n) is 4.70. The summed E-state index contributed by atoms with van der Waals surface area (Å²) in [7, 11) is 0. The van der Waals surface area contributed by atoms with Gasteiger partial charge >= 0.3 is 0 Å². The van der Waals surface area contributed by atoms with Crippen molar-refractivity contribution >= 4 is 5.69 Å². The van der Waals surface area contributed by atoms with Crippen molar-refractivity contribution in [3.05, 3.63) is 63.7 Å². The lowest BCUT2D eigenvalue weighted by molar-refractivity contribution is -0.384. The van der Waals surface area contributed by atoms with E-state index in [1.165, 1.54) is 24.3 Å². The molecule has 0 amide bonds. The number of rotatable bonds is 6. The standard InChI is InChI=1S/C15H16N2O5/c18-8-7-16-15(13-6-5-12(19)9-14(13)20)10-1-3-11(4-2-10)17(21)22/h1-6,9,15-16,18-20H,7-8H2. The molecule has 0 saturated carbocycles. The van der Waals surface area contributed by atoms with E-state index in [1.807, 2.05) is 0 Å². The highest BCUT2D eigenvalue weighted by Crippen LogP contribution is 2.32. The summed E-state index contributed by atoms with van der Waals surface area (Å²) in [6.07, 6.45) is 0. The fourth-order valence-electron chi connectivity index (χ4n) is 2.18. The third-order valence-corrected chi connectivity index (χ3v) is 3.22. The molecule has 0 heterocycles. The Hall–Kier alpha value is -2.64. The van der Waals surface area contributed by atoms with Gasteiger partial charge in [0.1, 0.15) is 11.5 Å². The molecule has 0 aliphatic rings. The van der Waals surface area contributed by atoms with E-state index in [4.69, 9.17) is 5.11 Å². The molecule has 0 fully saturated rings. The van der Waals surface area contributed by atoms with Gasteiger partial charge in [0.05, 0.1) is 17.6 Å². The number of nitrogens with zero attached hydrogens (tertiary/aromatic N) is 1. The molecule has 0 aromatic heterocycles. The Balaban J connectivity index is 2.38. The number of aliphatic hydroxyl groups excluding tert-OH is 1. The summed E-state index contributed by atoms with van der Waals surface area (Å²) < 4.78 is 0. The molecule has 0 aliphatic heterocycles. The van der Waals surface area contributed by atoms with Crippen molar-refractivity contribution < 1.29 is 20.2 Å². The maximum absolute atomic E-state index is 10.7. The second kappa shape index (κ2) is 6.88. The Labute approximate surface area is 126 Å². The third-order valence-electron chi connectivity index (χ3n) is 3.22. The summed E-state index contributed by atoms with van der Waals surface area (Å²) >= 11 is 0. The molecule has 0 aliphatic carbocycles. The lowest BCUT2D eigenvalue weighted by Crippen LogP contribution is -2.25. The topological polar surface area (TPSA) is 116 Å². The van der Waals surface area contributed by atoms with Gasteiger partial charge in [-0.3, -0.25) is 10.1 Å². The summed E-state index contributed by atoms with van der Waals surface area (Å²) in [6.45, 7) is 0.185. The van der Waals surface area contributed by atoms with Crippen molar-refractivity contribution in [1.29, 1.82) is 0 Å². The van der Waals surface area contributed by atoms with Crippen LogP contribution in [0.1, 0.15) is 17.2 Å². The van der Waals surface area contributed by atoms with Crippen molar-refractivity contribution in [3.8, 4) is 11.5 Å². The van der Waals surface area contributed by atoms with Gasteiger partial charge in [-0.1, -0.05) is 12.1 Å². The minimum absolute atomic E-state index is 0.0282. The summed E-state index contributed by atoms with van der Waals surface area (Å²) in [6, 6.07) is 9.66. The summed E-state index contributed by atoms with van der Waals surface area (Å²) in [5.74, 6) is -0.167. The molecule has 0 radical (unpaired) electrons. The van der Waals surface area contributed by atoms with Crippen LogP contribution < -0.4 is 5.32 Å². The first-order chi connectivity index (χ1) is 10.5. The average molecular weight is 304 g/mol. The number of benzene rings is 2. The fraction of sp³-hybridized carbons (Fsp3) is 0.200. The first kappa shape index (κ1) is 15.7. The Morgan fingerprint density at radius 2 is 1.82 bits per heavy atom. The third kappa shape index (κ3) is 3.51. The molecule has 2 rings (SSSR count). The van der Waals surface area contributed by atoms with Crippen molar-refractivity contribution in [2.45, 2.75) is 6.04 Å². The zero-order valence-electron chi connectivity index (χ0n) is 11.6. The normalized spacial score (nSPS) is 12.0. The highest BCUT2D eigenvalue weighted by molar-refractivity contribution is 5.46. The van der Waals surface area contributed by atoms with Gasteiger partial charge in [0, 0.05) is 30.3 Å².